The van der Waals surface area contributed by atoms with E-state index in [0.29, 0.717) is 17.9 Å². The summed E-state index contributed by atoms with van der Waals surface area (Å²) in [4.78, 5) is 11.8. The number of nitrogen functional groups attached to an aromatic ring is 1. The third kappa shape index (κ3) is 2.90. The molecule has 0 saturated carbocycles. The van der Waals surface area contributed by atoms with Crippen LogP contribution in [0.1, 0.15) is 32.7 Å². The molecule has 0 aliphatic carbocycles. The normalized spacial score (nSPS) is 11.0. The van der Waals surface area contributed by atoms with E-state index in [2.05, 4.69) is 24.5 Å². The Morgan fingerprint density at radius 2 is 1.85 bits per heavy atom. The SMILES string of the molecule is COC(=O)c1ccc(Cn2c(C)c(C)c3cc(C)c(N)cc32)c(OC)c1. The number of benzene rings is 2. The smallest absolute Gasteiger partial charge is 0.337 e. The number of anilines is 1. The van der Waals surface area contributed by atoms with Crippen LogP contribution in [0, 0.1) is 20.8 Å². The van der Waals surface area contributed by atoms with Crippen LogP contribution >= 0.6 is 0 Å². The van der Waals surface area contributed by atoms with Gasteiger partial charge < -0.3 is 19.8 Å². The van der Waals surface area contributed by atoms with Crippen molar-refractivity contribution in [1.82, 2.24) is 4.57 Å². The summed E-state index contributed by atoms with van der Waals surface area (Å²) in [5.41, 5.74) is 13.0. The second-order valence-corrected chi connectivity index (χ2v) is 6.54. The molecule has 0 atom stereocenters. The molecule has 3 aromatic rings. The summed E-state index contributed by atoms with van der Waals surface area (Å²) in [6.45, 7) is 6.89. The third-order valence-corrected chi connectivity index (χ3v) is 5.06. The molecule has 1 heterocycles. The quantitative estimate of drug-likeness (QED) is 0.569. The Hall–Kier alpha value is -2.95. The molecule has 0 radical (unpaired) electrons. The predicted molar refractivity (Wildman–Crippen MR) is 104 cm³/mol. The van der Waals surface area contributed by atoms with E-state index in [1.165, 1.54) is 23.8 Å². The maximum Gasteiger partial charge on any atom is 0.337 e. The van der Waals surface area contributed by atoms with Crippen molar-refractivity contribution in [3.05, 3.63) is 58.3 Å². The molecule has 0 bridgehead atoms. The zero-order valence-electron chi connectivity index (χ0n) is 15.8. The number of aryl methyl sites for hydroxylation is 2. The summed E-state index contributed by atoms with van der Waals surface area (Å²) in [5.74, 6) is 0.281. The average Bonchev–Trinajstić information content (AvgIpc) is 2.86. The fourth-order valence-electron chi connectivity index (χ4n) is 3.31. The molecule has 26 heavy (non-hydrogen) atoms. The van der Waals surface area contributed by atoms with E-state index in [1.807, 2.05) is 19.1 Å². The molecule has 5 heteroatoms. The minimum absolute atomic E-state index is 0.378. The van der Waals surface area contributed by atoms with Gasteiger partial charge in [0.1, 0.15) is 5.75 Å². The van der Waals surface area contributed by atoms with Crippen LogP contribution in [0.25, 0.3) is 10.9 Å². The molecule has 0 aliphatic rings. The first-order valence-electron chi connectivity index (χ1n) is 8.48. The van der Waals surface area contributed by atoms with Crippen molar-refractivity contribution in [2.75, 3.05) is 20.0 Å². The average molecular weight is 352 g/mol. The summed E-state index contributed by atoms with van der Waals surface area (Å²) in [6, 6.07) is 9.55. The molecule has 136 valence electrons. The van der Waals surface area contributed by atoms with Gasteiger partial charge in [0.2, 0.25) is 0 Å². The van der Waals surface area contributed by atoms with Crippen molar-refractivity contribution in [3.8, 4) is 5.75 Å². The van der Waals surface area contributed by atoms with Gasteiger partial charge in [-0.15, -0.1) is 0 Å². The maximum absolute atomic E-state index is 11.8. The second kappa shape index (κ2) is 6.75. The molecule has 0 aliphatic heterocycles. The van der Waals surface area contributed by atoms with E-state index in [0.717, 1.165) is 22.3 Å². The van der Waals surface area contributed by atoms with E-state index in [9.17, 15) is 4.79 Å². The number of rotatable bonds is 4. The molecule has 0 unspecified atom stereocenters. The Kier molecular flexibility index (Phi) is 4.64. The van der Waals surface area contributed by atoms with Gasteiger partial charge in [0.15, 0.2) is 0 Å². The molecule has 1 aromatic heterocycles. The Bertz CT molecular complexity index is 1000. The van der Waals surface area contributed by atoms with Crippen LogP contribution in [0.5, 0.6) is 5.75 Å². The van der Waals surface area contributed by atoms with Crippen LogP contribution in [-0.4, -0.2) is 24.8 Å². The van der Waals surface area contributed by atoms with E-state index < -0.39 is 0 Å². The lowest BCUT2D eigenvalue weighted by Gasteiger charge is -2.14. The third-order valence-electron chi connectivity index (χ3n) is 5.06. The van der Waals surface area contributed by atoms with Crippen LogP contribution in [0.3, 0.4) is 0 Å². The lowest BCUT2D eigenvalue weighted by atomic mass is 10.1. The number of esters is 1. The Balaban J connectivity index is 2.11. The number of aromatic nitrogens is 1. The molecule has 5 nitrogen and oxygen atoms in total. The van der Waals surface area contributed by atoms with Gasteiger partial charge >= 0.3 is 5.97 Å². The summed E-state index contributed by atoms with van der Waals surface area (Å²) >= 11 is 0. The van der Waals surface area contributed by atoms with Gasteiger partial charge in [0.25, 0.3) is 0 Å². The predicted octanol–water partition coefficient (Wildman–Crippen LogP) is 3.99. The van der Waals surface area contributed by atoms with Crippen molar-refractivity contribution in [2.45, 2.75) is 27.3 Å². The number of carbonyl (C=O) groups excluding carboxylic acids is 1. The molecule has 2 N–H and O–H groups in total. The lowest BCUT2D eigenvalue weighted by Crippen LogP contribution is -2.06. The Morgan fingerprint density at radius 1 is 1.12 bits per heavy atom. The van der Waals surface area contributed by atoms with Crippen molar-refractivity contribution in [3.63, 3.8) is 0 Å². The zero-order valence-corrected chi connectivity index (χ0v) is 15.8. The molecule has 3 rings (SSSR count). The van der Waals surface area contributed by atoms with Crippen molar-refractivity contribution in [2.24, 2.45) is 0 Å². The van der Waals surface area contributed by atoms with Crippen molar-refractivity contribution < 1.29 is 14.3 Å². The van der Waals surface area contributed by atoms with Gasteiger partial charge in [-0.2, -0.15) is 0 Å². The Morgan fingerprint density at radius 3 is 2.50 bits per heavy atom. The van der Waals surface area contributed by atoms with Crippen molar-refractivity contribution in [1.29, 1.82) is 0 Å². The molecule has 2 aromatic carbocycles. The van der Waals surface area contributed by atoms with Crippen LogP contribution in [0.2, 0.25) is 0 Å². The monoisotopic (exact) mass is 352 g/mol. The van der Waals surface area contributed by atoms with Gasteiger partial charge in [-0.3, -0.25) is 0 Å². The highest BCUT2D eigenvalue weighted by molar-refractivity contribution is 5.90. The first-order chi connectivity index (χ1) is 12.4. The fraction of sp³-hybridized carbons (Fsp3) is 0.286. The number of nitrogens with zero attached hydrogens (tertiary/aromatic N) is 1. The van der Waals surface area contributed by atoms with E-state index in [4.69, 9.17) is 15.2 Å². The summed E-state index contributed by atoms with van der Waals surface area (Å²) in [5, 5.41) is 1.21. The number of fused-ring (bicyclic) bond motifs is 1. The van der Waals surface area contributed by atoms with Crippen molar-refractivity contribution >= 4 is 22.6 Å². The first kappa shape index (κ1) is 17.9. The number of hydrogen-bond donors (Lipinski definition) is 1. The van der Waals surface area contributed by atoms with E-state index in [1.54, 1.807) is 19.2 Å². The van der Waals surface area contributed by atoms with E-state index in [-0.39, 0.29) is 5.97 Å². The van der Waals surface area contributed by atoms with Gasteiger partial charge in [0, 0.05) is 22.3 Å². The highest BCUT2D eigenvalue weighted by Gasteiger charge is 2.16. The minimum Gasteiger partial charge on any atom is -0.496 e. The molecule has 0 spiro atoms. The van der Waals surface area contributed by atoms with Crippen LogP contribution in [-0.2, 0) is 11.3 Å². The lowest BCUT2D eigenvalue weighted by molar-refractivity contribution is 0.0600. The first-order valence-corrected chi connectivity index (χ1v) is 8.48. The highest BCUT2D eigenvalue weighted by atomic mass is 16.5. The molecular formula is C21H24N2O3. The minimum atomic E-state index is -0.378. The number of nitrogens with two attached hydrogens (primary N) is 1. The largest absolute Gasteiger partial charge is 0.496 e. The van der Waals surface area contributed by atoms with Gasteiger partial charge in [0.05, 0.1) is 31.8 Å². The molecule has 0 amide bonds. The number of hydrogen-bond acceptors (Lipinski definition) is 4. The number of methoxy groups -OCH3 is 2. The van der Waals surface area contributed by atoms with Gasteiger partial charge in [-0.05, 0) is 56.2 Å². The fourth-order valence-corrected chi connectivity index (χ4v) is 3.31. The summed E-state index contributed by atoms with van der Waals surface area (Å²) in [7, 11) is 2.97. The molecule has 0 saturated heterocycles. The highest BCUT2D eigenvalue weighted by Crippen LogP contribution is 2.31. The van der Waals surface area contributed by atoms with Gasteiger partial charge in [-0.25, -0.2) is 4.79 Å². The number of carbonyl (C=O) groups is 1. The van der Waals surface area contributed by atoms with Gasteiger partial charge in [-0.1, -0.05) is 6.07 Å². The summed E-state index contributed by atoms with van der Waals surface area (Å²) < 4.78 is 12.5. The standard InChI is InChI=1S/C21H24N2O3/c1-12-8-17-13(2)14(3)23(19(17)10-18(12)22)11-16-7-6-15(21(24)26-5)9-20(16)25-4/h6-10H,11,22H2,1-5H3. The topological polar surface area (TPSA) is 66.5 Å². The van der Waals surface area contributed by atoms with Crippen LogP contribution in [0.4, 0.5) is 5.69 Å². The Labute approximate surface area is 153 Å². The van der Waals surface area contributed by atoms with Crippen LogP contribution in [0.15, 0.2) is 30.3 Å². The number of ether oxygens (including phenoxy) is 2. The summed E-state index contributed by atoms with van der Waals surface area (Å²) in [6.07, 6.45) is 0. The zero-order chi connectivity index (χ0) is 19.0. The second-order valence-electron chi connectivity index (χ2n) is 6.54. The maximum atomic E-state index is 11.8. The molecule has 0 fully saturated rings. The van der Waals surface area contributed by atoms with E-state index >= 15 is 0 Å². The van der Waals surface area contributed by atoms with Crippen LogP contribution < -0.4 is 10.5 Å². The molecular weight excluding hydrogens is 328 g/mol.